The van der Waals surface area contributed by atoms with Crippen LogP contribution in [0, 0.1) is 6.92 Å². The van der Waals surface area contributed by atoms with Crippen LogP contribution in [0.2, 0.25) is 5.15 Å². The van der Waals surface area contributed by atoms with Crippen LogP contribution in [0.25, 0.3) is 0 Å². The largest absolute Gasteiger partial charge is 0.508 e. The van der Waals surface area contributed by atoms with E-state index in [0.29, 0.717) is 5.56 Å². The molecular formula is C11H12ClN3O3S. The quantitative estimate of drug-likeness (QED) is 0.906. The monoisotopic (exact) mass is 301 g/mol. The molecular weight excluding hydrogens is 290 g/mol. The van der Waals surface area contributed by atoms with Crippen molar-refractivity contribution in [2.75, 3.05) is 4.72 Å². The molecule has 2 N–H and O–H groups in total. The molecule has 102 valence electrons. The second-order valence-electron chi connectivity index (χ2n) is 4.06. The van der Waals surface area contributed by atoms with Crippen LogP contribution in [0.1, 0.15) is 5.56 Å². The van der Waals surface area contributed by atoms with Crippen LogP contribution in [0.5, 0.6) is 5.75 Å². The Morgan fingerprint density at radius 1 is 1.42 bits per heavy atom. The fourth-order valence-corrected chi connectivity index (χ4v) is 2.93. The Balaban J connectivity index is 2.36. The highest BCUT2D eigenvalue weighted by molar-refractivity contribution is 7.92. The van der Waals surface area contributed by atoms with Gasteiger partial charge in [0.2, 0.25) is 5.03 Å². The van der Waals surface area contributed by atoms with E-state index >= 15 is 0 Å². The fraction of sp³-hybridized carbons (Fsp3) is 0.182. The Bertz CT molecular complexity index is 725. The number of halogens is 1. The van der Waals surface area contributed by atoms with E-state index in [1.54, 1.807) is 26.1 Å². The SMILES string of the molecule is Cc1ccc(NS(=O)(=O)c2ncn(C)c2Cl)cc1O. The number of hydrogen-bond donors (Lipinski definition) is 2. The van der Waals surface area contributed by atoms with Crippen molar-refractivity contribution in [2.45, 2.75) is 11.9 Å². The average Bonchev–Trinajstić information content (AvgIpc) is 2.65. The predicted octanol–water partition coefficient (Wildman–Crippen LogP) is 1.89. The van der Waals surface area contributed by atoms with Gasteiger partial charge in [0.1, 0.15) is 10.9 Å². The van der Waals surface area contributed by atoms with Crippen LogP contribution >= 0.6 is 11.6 Å². The summed E-state index contributed by atoms with van der Waals surface area (Å²) in [6.45, 7) is 1.71. The zero-order valence-electron chi connectivity index (χ0n) is 10.3. The molecule has 0 saturated carbocycles. The Hall–Kier alpha value is -1.73. The maximum atomic E-state index is 12.1. The number of nitrogens with one attached hydrogen (secondary N) is 1. The van der Waals surface area contributed by atoms with Gasteiger partial charge in [-0.1, -0.05) is 17.7 Å². The lowest BCUT2D eigenvalue weighted by atomic mass is 10.2. The third-order valence-electron chi connectivity index (χ3n) is 2.55. The van der Waals surface area contributed by atoms with Crippen molar-refractivity contribution in [3.05, 3.63) is 35.2 Å². The van der Waals surface area contributed by atoms with Crippen LogP contribution < -0.4 is 4.72 Å². The standard InChI is InChI=1S/C11H12ClN3O3S/c1-7-3-4-8(5-9(7)16)14-19(17,18)11-10(12)15(2)6-13-11/h3-6,14,16H,1-2H3. The third-order valence-corrected chi connectivity index (χ3v) is 4.42. The summed E-state index contributed by atoms with van der Waals surface area (Å²) in [7, 11) is -2.29. The number of imidazole rings is 1. The van der Waals surface area contributed by atoms with E-state index in [1.807, 2.05) is 0 Å². The van der Waals surface area contributed by atoms with E-state index in [0.717, 1.165) is 0 Å². The van der Waals surface area contributed by atoms with E-state index in [9.17, 15) is 13.5 Å². The fourth-order valence-electron chi connectivity index (χ4n) is 1.45. The molecule has 0 amide bonds. The molecule has 1 heterocycles. The van der Waals surface area contributed by atoms with Crippen molar-refractivity contribution in [1.82, 2.24) is 9.55 Å². The van der Waals surface area contributed by atoms with Gasteiger partial charge in [0.25, 0.3) is 10.0 Å². The Morgan fingerprint density at radius 2 is 2.11 bits per heavy atom. The van der Waals surface area contributed by atoms with Crippen molar-refractivity contribution in [3.63, 3.8) is 0 Å². The summed E-state index contributed by atoms with van der Waals surface area (Å²) in [4.78, 5) is 3.74. The number of rotatable bonds is 3. The van der Waals surface area contributed by atoms with Crippen molar-refractivity contribution in [1.29, 1.82) is 0 Å². The zero-order valence-corrected chi connectivity index (χ0v) is 11.8. The minimum absolute atomic E-state index is 0.00678. The maximum absolute atomic E-state index is 12.1. The lowest BCUT2D eigenvalue weighted by Crippen LogP contribution is -2.14. The number of anilines is 1. The smallest absolute Gasteiger partial charge is 0.282 e. The van der Waals surface area contributed by atoms with Gasteiger partial charge in [0.15, 0.2) is 0 Å². The first kappa shape index (κ1) is 13.7. The molecule has 0 spiro atoms. The predicted molar refractivity (Wildman–Crippen MR) is 71.9 cm³/mol. The first-order chi connectivity index (χ1) is 8.81. The van der Waals surface area contributed by atoms with Gasteiger partial charge in [-0.3, -0.25) is 4.72 Å². The number of nitrogens with zero attached hydrogens (tertiary/aromatic N) is 2. The topological polar surface area (TPSA) is 84.2 Å². The van der Waals surface area contributed by atoms with Crippen molar-refractivity contribution in [3.8, 4) is 5.75 Å². The number of aromatic hydroxyl groups is 1. The number of phenols is 1. The van der Waals surface area contributed by atoms with E-state index in [-0.39, 0.29) is 21.6 Å². The summed E-state index contributed by atoms with van der Waals surface area (Å²) in [6.07, 6.45) is 1.31. The van der Waals surface area contributed by atoms with Crippen molar-refractivity contribution < 1.29 is 13.5 Å². The summed E-state index contributed by atoms with van der Waals surface area (Å²) >= 11 is 5.85. The molecule has 0 unspecified atom stereocenters. The van der Waals surface area contributed by atoms with E-state index in [2.05, 4.69) is 9.71 Å². The Kier molecular flexibility index (Phi) is 3.42. The number of benzene rings is 1. The molecule has 0 atom stereocenters. The molecule has 0 aliphatic heterocycles. The van der Waals surface area contributed by atoms with Crippen LogP contribution in [-0.4, -0.2) is 23.1 Å². The summed E-state index contributed by atoms with van der Waals surface area (Å²) < 4.78 is 27.9. The van der Waals surface area contributed by atoms with Gasteiger partial charge < -0.3 is 9.67 Å². The average molecular weight is 302 g/mol. The first-order valence-electron chi connectivity index (χ1n) is 5.30. The van der Waals surface area contributed by atoms with E-state index in [4.69, 9.17) is 11.6 Å². The summed E-state index contributed by atoms with van der Waals surface area (Å²) in [5.74, 6) is 0.00678. The normalized spacial score (nSPS) is 11.5. The molecule has 0 bridgehead atoms. The molecule has 0 fully saturated rings. The third kappa shape index (κ3) is 2.66. The second kappa shape index (κ2) is 4.75. The number of aromatic nitrogens is 2. The molecule has 0 saturated heterocycles. The maximum Gasteiger partial charge on any atom is 0.282 e. The van der Waals surface area contributed by atoms with Crippen LogP contribution in [-0.2, 0) is 17.1 Å². The Morgan fingerprint density at radius 3 is 2.63 bits per heavy atom. The molecule has 1 aromatic carbocycles. The van der Waals surface area contributed by atoms with Gasteiger partial charge in [0, 0.05) is 13.1 Å². The van der Waals surface area contributed by atoms with Gasteiger partial charge >= 0.3 is 0 Å². The molecule has 8 heteroatoms. The molecule has 6 nitrogen and oxygen atoms in total. The van der Waals surface area contributed by atoms with E-state index in [1.165, 1.54) is 17.0 Å². The summed E-state index contributed by atoms with van der Waals surface area (Å²) in [5.41, 5.74) is 0.892. The van der Waals surface area contributed by atoms with Crippen molar-refractivity contribution >= 4 is 27.3 Å². The van der Waals surface area contributed by atoms with Crippen LogP contribution in [0.4, 0.5) is 5.69 Å². The number of phenolic OH excluding ortho intramolecular Hbond substituents is 1. The van der Waals surface area contributed by atoms with Gasteiger partial charge in [-0.25, -0.2) is 4.98 Å². The van der Waals surface area contributed by atoms with Gasteiger partial charge in [-0.05, 0) is 18.6 Å². The minimum atomic E-state index is -3.88. The highest BCUT2D eigenvalue weighted by Gasteiger charge is 2.22. The first-order valence-corrected chi connectivity index (χ1v) is 7.16. The van der Waals surface area contributed by atoms with Crippen molar-refractivity contribution in [2.24, 2.45) is 7.05 Å². The molecule has 0 radical (unpaired) electrons. The Labute approximate surface area is 115 Å². The molecule has 1 aromatic heterocycles. The van der Waals surface area contributed by atoms with Crippen LogP contribution in [0.15, 0.2) is 29.6 Å². The second-order valence-corrected chi connectivity index (χ2v) is 6.01. The molecule has 0 aliphatic carbocycles. The molecule has 2 aromatic rings. The molecule has 19 heavy (non-hydrogen) atoms. The van der Waals surface area contributed by atoms with Gasteiger partial charge in [-0.15, -0.1) is 0 Å². The molecule has 0 aliphatic rings. The summed E-state index contributed by atoms with van der Waals surface area (Å²) in [6, 6.07) is 4.47. The van der Waals surface area contributed by atoms with Gasteiger partial charge in [-0.2, -0.15) is 8.42 Å². The van der Waals surface area contributed by atoms with Gasteiger partial charge in [0.05, 0.1) is 12.0 Å². The lowest BCUT2D eigenvalue weighted by Gasteiger charge is -2.07. The highest BCUT2D eigenvalue weighted by atomic mass is 35.5. The number of hydrogen-bond acceptors (Lipinski definition) is 4. The van der Waals surface area contributed by atoms with E-state index < -0.39 is 10.0 Å². The molecule has 2 rings (SSSR count). The zero-order chi connectivity index (χ0) is 14.2. The minimum Gasteiger partial charge on any atom is -0.508 e. The van der Waals surface area contributed by atoms with Crippen LogP contribution in [0.3, 0.4) is 0 Å². The lowest BCUT2D eigenvalue weighted by molar-refractivity contribution is 0.471. The number of aryl methyl sites for hydroxylation is 2. The summed E-state index contributed by atoms with van der Waals surface area (Å²) in [5, 5.41) is 9.31. The number of sulfonamides is 1. The highest BCUT2D eigenvalue weighted by Crippen LogP contribution is 2.25.